The van der Waals surface area contributed by atoms with Crippen molar-refractivity contribution >= 4 is 5.57 Å². The van der Waals surface area contributed by atoms with Crippen molar-refractivity contribution in [3.05, 3.63) is 41.0 Å². The molecular weight excluding hydrogens is 192 g/mol. The molecule has 0 aromatic heterocycles. The van der Waals surface area contributed by atoms with E-state index in [1.165, 1.54) is 22.3 Å². The summed E-state index contributed by atoms with van der Waals surface area (Å²) in [7, 11) is 0. The number of hydrogen-bond acceptors (Lipinski definition) is 0. The van der Waals surface area contributed by atoms with Gasteiger partial charge in [0.05, 0.1) is 0 Å². The van der Waals surface area contributed by atoms with Gasteiger partial charge >= 0.3 is 0 Å². The average Bonchev–Trinajstić information content (AvgIpc) is 2.58. The Bertz CT molecular complexity index is 428. The molecule has 0 heterocycles. The summed E-state index contributed by atoms with van der Waals surface area (Å²) in [6.07, 6.45) is 3.51. The first kappa shape index (κ1) is 11.4. The molecule has 0 unspecified atom stereocenters. The standard InChI is InChI=1S/C16H22/c1-11(2)12-6-8-14-13(10-12)7-9-15(14)16(3,4)5/h6,8-11H,7H2,1-5H3. The second-order valence-corrected chi connectivity index (χ2v) is 6.14. The Labute approximate surface area is 99.4 Å². The van der Waals surface area contributed by atoms with Crippen LogP contribution in [0.1, 0.15) is 57.2 Å². The molecule has 0 saturated carbocycles. The van der Waals surface area contributed by atoms with Crippen LogP contribution in [0, 0.1) is 5.41 Å². The third-order valence-electron chi connectivity index (χ3n) is 3.42. The average molecular weight is 214 g/mol. The van der Waals surface area contributed by atoms with Crippen molar-refractivity contribution in [1.29, 1.82) is 0 Å². The number of benzene rings is 1. The lowest BCUT2D eigenvalue weighted by Crippen LogP contribution is -2.07. The molecule has 0 spiro atoms. The van der Waals surface area contributed by atoms with Crippen LogP contribution in [0.25, 0.3) is 5.57 Å². The summed E-state index contributed by atoms with van der Waals surface area (Å²) in [5.41, 5.74) is 6.22. The van der Waals surface area contributed by atoms with Gasteiger partial charge in [-0.2, -0.15) is 0 Å². The van der Waals surface area contributed by atoms with Crippen LogP contribution in [0.4, 0.5) is 0 Å². The lowest BCUT2D eigenvalue weighted by molar-refractivity contribution is 0.567. The van der Waals surface area contributed by atoms with Gasteiger partial charge in [0.25, 0.3) is 0 Å². The Balaban J connectivity index is 2.41. The van der Waals surface area contributed by atoms with Crippen LogP contribution >= 0.6 is 0 Å². The molecule has 0 atom stereocenters. The first-order chi connectivity index (χ1) is 7.39. The van der Waals surface area contributed by atoms with Crippen LogP contribution in [-0.4, -0.2) is 0 Å². The van der Waals surface area contributed by atoms with Gasteiger partial charge in [-0.3, -0.25) is 0 Å². The van der Waals surface area contributed by atoms with Gasteiger partial charge in [-0.15, -0.1) is 0 Å². The minimum atomic E-state index is 0.268. The molecule has 1 aliphatic rings. The van der Waals surface area contributed by atoms with E-state index in [1.54, 1.807) is 0 Å². The van der Waals surface area contributed by atoms with E-state index in [9.17, 15) is 0 Å². The molecule has 0 saturated heterocycles. The molecule has 0 aliphatic heterocycles. The fraction of sp³-hybridized carbons (Fsp3) is 0.500. The Hall–Kier alpha value is -1.04. The highest BCUT2D eigenvalue weighted by Gasteiger charge is 2.24. The van der Waals surface area contributed by atoms with Gasteiger partial charge < -0.3 is 0 Å². The van der Waals surface area contributed by atoms with Crippen LogP contribution in [-0.2, 0) is 6.42 Å². The smallest absolute Gasteiger partial charge is 0.00851 e. The number of rotatable bonds is 1. The molecular formula is C16H22. The minimum Gasteiger partial charge on any atom is -0.0758 e. The van der Waals surface area contributed by atoms with E-state index in [1.807, 2.05) is 0 Å². The Morgan fingerprint density at radius 1 is 1.12 bits per heavy atom. The minimum absolute atomic E-state index is 0.268. The summed E-state index contributed by atoms with van der Waals surface area (Å²) in [5.74, 6) is 0.629. The maximum atomic E-state index is 2.40. The summed E-state index contributed by atoms with van der Waals surface area (Å²) in [6.45, 7) is 11.4. The lowest BCUT2D eigenvalue weighted by atomic mass is 9.83. The van der Waals surface area contributed by atoms with Crippen molar-refractivity contribution in [3.8, 4) is 0 Å². The lowest BCUT2D eigenvalue weighted by Gasteiger charge is -2.22. The van der Waals surface area contributed by atoms with Crippen molar-refractivity contribution in [2.45, 2.75) is 47.0 Å². The zero-order valence-corrected chi connectivity index (χ0v) is 11.1. The molecule has 2 rings (SSSR count). The molecule has 0 fully saturated rings. The molecule has 0 N–H and O–H groups in total. The Morgan fingerprint density at radius 2 is 1.81 bits per heavy atom. The van der Waals surface area contributed by atoms with Crippen LogP contribution in [0.15, 0.2) is 24.3 Å². The van der Waals surface area contributed by atoms with Crippen LogP contribution < -0.4 is 0 Å². The van der Waals surface area contributed by atoms with E-state index in [0.717, 1.165) is 6.42 Å². The van der Waals surface area contributed by atoms with E-state index in [4.69, 9.17) is 0 Å². The largest absolute Gasteiger partial charge is 0.0758 e. The van der Waals surface area contributed by atoms with Gasteiger partial charge in [0.2, 0.25) is 0 Å². The zero-order chi connectivity index (χ0) is 11.9. The summed E-state index contributed by atoms with van der Waals surface area (Å²) >= 11 is 0. The van der Waals surface area contributed by atoms with Crippen LogP contribution in [0.5, 0.6) is 0 Å². The van der Waals surface area contributed by atoms with E-state index in [0.29, 0.717) is 5.92 Å². The third-order valence-corrected chi connectivity index (χ3v) is 3.42. The van der Waals surface area contributed by atoms with Gasteiger partial charge in [0.1, 0.15) is 0 Å². The van der Waals surface area contributed by atoms with Gasteiger partial charge in [0, 0.05) is 0 Å². The van der Waals surface area contributed by atoms with E-state index >= 15 is 0 Å². The predicted octanol–water partition coefficient (Wildman–Crippen LogP) is 4.80. The molecule has 1 aliphatic carbocycles. The van der Waals surface area contributed by atoms with Crippen LogP contribution in [0.2, 0.25) is 0 Å². The number of allylic oxidation sites excluding steroid dienone is 2. The van der Waals surface area contributed by atoms with Crippen molar-refractivity contribution in [2.24, 2.45) is 5.41 Å². The van der Waals surface area contributed by atoms with Gasteiger partial charge in [-0.1, -0.05) is 58.9 Å². The highest BCUT2D eigenvalue weighted by Crippen LogP contribution is 2.40. The molecule has 0 bridgehead atoms. The zero-order valence-electron chi connectivity index (χ0n) is 11.1. The molecule has 1 aromatic rings. The summed E-state index contributed by atoms with van der Waals surface area (Å²) in [6, 6.07) is 6.98. The highest BCUT2D eigenvalue weighted by molar-refractivity contribution is 5.76. The monoisotopic (exact) mass is 214 g/mol. The second kappa shape index (κ2) is 3.76. The fourth-order valence-corrected chi connectivity index (χ4v) is 2.44. The number of fused-ring (bicyclic) bond motifs is 1. The summed E-state index contributed by atoms with van der Waals surface area (Å²) < 4.78 is 0. The normalized spacial score (nSPS) is 15.2. The first-order valence-electron chi connectivity index (χ1n) is 6.23. The van der Waals surface area contributed by atoms with Crippen molar-refractivity contribution in [2.75, 3.05) is 0 Å². The van der Waals surface area contributed by atoms with Gasteiger partial charge in [-0.05, 0) is 40.0 Å². The molecule has 1 aromatic carbocycles. The van der Waals surface area contributed by atoms with Crippen molar-refractivity contribution in [3.63, 3.8) is 0 Å². The molecule has 86 valence electrons. The van der Waals surface area contributed by atoms with Crippen molar-refractivity contribution in [1.82, 2.24) is 0 Å². The maximum Gasteiger partial charge on any atom is -0.00851 e. The quantitative estimate of drug-likeness (QED) is 0.630. The topological polar surface area (TPSA) is 0 Å². The second-order valence-electron chi connectivity index (χ2n) is 6.14. The van der Waals surface area contributed by atoms with E-state index < -0.39 is 0 Å². The molecule has 0 amide bonds. The van der Waals surface area contributed by atoms with Gasteiger partial charge in [0.15, 0.2) is 0 Å². The fourth-order valence-electron chi connectivity index (χ4n) is 2.44. The summed E-state index contributed by atoms with van der Waals surface area (Å²) in [5, 5.41) is 0. The molecule has 16 heavy (non-hydrogen) atoms. The van der Waals surface area contributed by atoms with Gasteiger partial charge in [-0.25, -0.2) is 0 Å². The SMILES string of the molecule is CC(C)c1ccc2c(c1)CC=C2C(C)(C)C. The van der Waals surface area contributed by atoms with Crippen LogP contribution in [0.3, 0.4) is 0 Å². The maximum absolute atomic E-state index is 2.40. The predicted molar refractivity (Wildman–Crippen MR) is 71.7 cm³/mol. The molecule has 0 radical (unpaired) electrons. The summed E-state index contributed by atoms with van der Waals surface area (Å²) in [4.78, 5) is 0. The highest BCUT2D eigenvalue weighted by atomic mass is 14.3. The number of hydrogen-bond donors (Lipinski definition) is 0. The Kier molecular flexibility index (Phi) is 2.69. The van der Waals surface area contributed by atoms with Crippen molar-refractivity contribution < 1.29 is 0 Å². The third kappa shape index (κ3) is 1.93. The van der Waals surface area contributed by atoms with E-state index in [-0.39, 0.29) is 5.41 Å². The Morgan fingerprint density at radius 3 is 2.38 bits per heavy atom. The molecule has 0 heteroatoms. The first-order valence-corrected chi connectivity index (χ1v) is 6.23. The molecule has 0 nitrogen and oxygen atoms in total. The van der Waals surface area contributed by atoms with E-state index in [2.05, 4.69) is 58.9 Å².